The van der Waals surface area contributed by atoms with Gasteiger partial charge >= 0.3 is 0 Å². The third-order valence-electron chi connectivity index (χ3n) is 6.71. The fraction of sp³-hybridized carbons (Fsp3) is 0.423. The van der Waals surface area contributed by atoms with E-state index in [1.165, 1.54) is 27.9 Å². The van der Waals surface area contributed by atoms with Crippen molar-refractivity contribution in [2.45, 2.75) is 51.9 Å². The molecule has 1 fully saturated rings. The molecule has 3 heterocycles. The number of hydrogen-bond donors (Lipinski definition) is 0. The Bertz CT molecular complexity index is 1050. The van der Waals surface area contributed by atoms with Crippen molar-refractivity contribution in [2.24, 2.45) is 0 Å². The van der Waals surface area contributed by atoms with E-state index in [2.05, 4.69) is 78.9 Å². The van der Waals surface area contributed by atoms with Gasteiger partial charge in [0, 0.05) is 30.9 Å². The summed E-state index contributed by atoms with van der Waals surface area (Å²) in [6, 6.07) is 17.4. The number of ether oxygens (including phenoxy) is 1. The Morgan fingerprint density at radius 2 is 1.77 bits per heavy atom. The number of nitrogens with zero attached hydrogens (tertiary/aromatic N) is 3. The van der Waals surface area contributed by atoms with E-state index in [9.17, 15) is 0 Å². The van der Waals surface area contributed by atoms with Crippen molar-refractivity contribution in [1.29, 1.82) is 0 Å². The number of hydrogen-bond acceptors (Lipinski definition) is 3. The van der Waals surface area contributed by atoms with Crippen LogP contribution in [-0.4, -0.2) is 40.7 Å². The quantitative estimate of drug-likeness (QED) is 0.624. The molecular formula is C26H31N3O. The highest BCUT2D eigenvalue weighted by atomic mass is 16.5. The molecule has 0 amide bonds. The highest BCUT2D eigenvalue weighted by Gasteiger charge is 2.32. The van der Waals surface area contributed by atoms with Crippen molar-refractivity contribution >= 4 is 0 Å². The van der Waals surface area contributed by atoms with Gasteiger partial charge in [0.15, 0.2) is 0 Å². The summed E-state index contributed by atoms with van der Waals surface area (Å²) in [5.74, 6) is 1.06. The molecule has 4 nitrogen and oxygen atoms in total. The summed E-state index contributed by atoms with van der Waals surface area (Å²) >= 11 is 0. The minimum atomic E-state index is -0.102. The maximum atomic E-state index is 6.83. The molecule has 1 unspecified atom stereocenters. The molecule has 156 valence electrons. The van der Waals surface area contributed by atoms with E-state index in [0.29, 0.717) is 0 Å². The van der Waals surface area contributed by atoms with Gasteiger partial charge in [-0.25, -0.2) is 4.98 Å². The first-order valence-corrected chi connectivity index (χ1v) is 11.2. The first-order valence-electron chi connectivity index (χ1n) is 11.2. The van der Waals surface area contributed by atoms with Crippen LogP contribution >= 0.6 is 0 Å². The van der Waals surface area contributed by atoms with Gasteiger partial charge in [0.05, 0.1) is 11.8 Å². The molecule has 0 spiro atoms. The van der Waals surface area contributed by atoms with E-state index in [0.717, 1.165) is 50.4 Å². The van der Waals surface area contributed by atoms with Gasteiger partial charge in [0.2, 0.25) is 0 Å². The highest BCUT2D eigenvalue weighted by molar-refractivity contribution is 5.63. The fourth-order valence-corrected chi connectivity index (χ4v) is 4.94. The minimum absolute atomic E-state index is 0.102. The molecule has 4 heteroatoms. The van der Waals surface area contributed by atoms with Crippen LogP contribution in [0.5, 0.6) is 0 Å². The smallest absolute Gasteiger partial charge is 0.143 e. The lowest BCUT2D eigenvalue weighted by Gasteiger charge is -2.32. The zero-order valence-corrected chi connectivity index (χ0v) is 18.3. The fourth-order valence-electron chi connectivity index (χ4n) is 4.94. The topological polar surface area (TPSA) is 30.3 Å². The third kappa shape index (κ3) is 3.59. The van der Waals surface area contributed by atoms with Crippen molar-refractivity contribution < 1.29 is 4.74 Å². The zero-order chi connectivity index (χ0) is 20.7. The molecule has 0 saturated carbocycles. The summed E-state index contributed by atoms with van der Waals surface area (Å²) in [5.41, 5.74) is 7.46. The van der Waals surface area contributed by atoms with Gasteiger partial charge in [-0.2, -0.15) is 0 Å². The average molecular weight is 402 g/mol. The second-order valence-electron chi connectivity index (χ2n) is 8.89. The molecular weight excluding hydrogens is 370 g/mol. The van der Waals surface area contributed by atoms with E-state index >= 15 is 0 Å². The Labute approximate surface area is 179 Å². The number of rotatable bonds is 3. The first kappa shape index (κ1) is 19.5. The molecule has 0 aliphatic carbocycles. The van der Waals surface area contributed by atoms with Crippen LogP contribution in [-0.2, 0) is 17.7 Å². The number of piperidine rings is 1. The van der Waals surface area contributed by atoms with Gasteiger partial charge < -0.3 is 14.2 Å². The van der Waals surface area contributed by atoms with Gasteiger partial charge in [0.1, 0.15) is 11.9 Å². The Hall–Kier alpha value is -2.43. The SMILES string of the molecule is Cc1cccc(-c2nc3n(c2C)CCc2ccccc2C3OC2CCN(C)CC2)c1. The number of aromatic nitrogens is 2. The first-order chi connectivity index (χ1) is 14.6. The number of likely N-dealkylation sites (tertiary alicyclic amines) is 1. The highest BCUT2D eigenvalue weighted by Crippen LogP contribution is 2.37. The monoisotopic (exact) mass is 401 g/mol. The number of benzene rings is 2. The lowest BCUT2D eigenvalue weighted by molar-refractivity contribution is -0.0276. The van der Waals surface area contributed by atoms with Crippen molar-refractivity contribution in [1.82, 2.24) is 14.5 Å². The van der Waals surface area contributed by atoms with Crippen LogP contribution in [0.3, 0.4) is 0 Å². The molecule has 3 aromatic rings. The molecule has 2 aliphatic rings. The maximum Gasteiger partial charge on any atom is 0.143 e. The standard InChI is InChI=1S/C26H31N3O/c1-18-7-6-9-21(17-18)24-19(2)29-16-11-20-8-4-5-10-23(20)25(26(29)27-24)30-22-12-14-28(3)15-13-22/h4-10,17,22,25H,11-16H2,1-3H3. The van der Waals surface area contributed by atoms with Crippen LogP contribution in [0, 0.1) is 13.8 Å². The van der Waals surface area contributed by atoms with Crippen molar-refractivity contribution in [3.05, 3.63) is 76.7 Å². The van der Waals surface area contributed by atoms with Crippen LogP contribution in [0.4, 0.5) is 0 Å². The molecule has 1 aromatic heterocycles. The van der Waals surface area contributed by atoms with Crippen molar-refractivity contribution in [2.75, 3.05) is 20.1 Å². The molecule has 0 bridgehead atoms. The summed E-state index contributed by atoms with van der Waals surface area (Å²) in [4.78, 5) is 7.60. The van der Waals surface area contributed by atoms with Crippen LogP contribution in [0.15, 0.2) is 48.5 Å². The summed E-state index contributed by atoms with van der Waals surface area (Å²) in [6.45, 7) is 7.49. The largest absolute Gasteiger partial charge is 0.362 e. The Balaban J connectivity index is 1.58. The van der Waals surface area contributed by atoms with Gasteiger partial charge in [-0.05, 0) is 57.4 Å². The van der Waals surface area contributed by atoms with Crippen LogP contribution in [0.25, 0.3) is 11.3 Å². The number of fused-ring (bicyclic) bond motifs is 2. The number of imidazole rings is 1. The van der Waals surface area contributed by atoms with Crippen molar-refractivity contribution in [3.8, 4) is 11.3 Å². The van der Waals surface area contributed by atoms with E-state index in [1.54, 1.807) is 0 Å². The minimum Gasteiger partial charge on any atom is -0.362 e. The lowest BCUT2D eigenvalue weighted by Crippen LogP contribution is -2.35. The molecule has 5 rings (SSSR count). The Morgan fingerprint density at radius 3 is 2.57 bits per heavy atom. The molecule has 2 aromatic carbocycles. The van der Waals surface area contributed by atoms with Crippen LogP contribution < -0.4 is 0 Å². The third-order valence-corrected chi connectivity index (χ3v) is 6.71. The van der Waals surface area contributed by atoms with Gasteiger partial charge in [-0.1, -0.05) is 48.0 Å². The van der Waals surface area contributed by atoms with Gasteiger partial charge in [-0.15, -0.1) is 0 Å². The van der Waals surface area contributed by atoms with Crippen LogP contribution in [0.1, 0.15) is 47.2 Å². The summed E-state index contributed by atoms with van der Waals surface area (Å²) in [5, 5.41) is 0. The Morgan fingerprint density at radius 1 is 0.967 bits per heavy atom. The predicted molar refractivity (Wildman–Crippen MR) is 121 cm³/mol. The van der Waals surface area contributed by atoms with Gasteiger partial charge in [0.25, 0.3) is 0 Å². The van der Waals surface area contributed by atoms with Crippen LogP contribution in [0.2, 0.25) is 0 Å². The zero-order valence-electron chi connectivity index (χ0n) is 18.3. The predicted octanol–water partition coefficient (Wildman–Crippen LogP) is 4.92. The summed E-state index contributed by atoms with van der Waals surface area (Å²) < 4.78 is 9.23. The molecule has 2 aliphatic heterocycles. The van der Waals surface area contributed by atoms with E-state index in [-0.39, 0.29) is 12.2 Å². The number of aryl methyl sites for hydroxylation is 2. The molecule has 1 atom stereocenters. The summed E-state index contributed by atoms with van der Waals surface area (Å²) in [7, 11) is 2.20. The molecule has 30 heavy (non-hydrogen) atoms. The maximum absolute atomic E-state index is 6.83. The Kier molecular flexibility index (Phi) is 5.21. The van der Waals surface area contributed by atoms with E-state index in [4.69, 9.17) is 9.72 Å². The normalized spacial score (nSPS) is 19.9. The second kappa shape index (κ2) is 8.01. The molecule has 1 saturated heterocycles. The van der Waals surface area contributed by atoms with Gasteiger partial charge in [-0.3, -0.25) is 0 Å². The van der Waals surface area contributed by atoms with E-state index in [1.807, 2.05) is 0 Å². The van der Waals surface area contributed by atoms with E-state index < -0.39 is 0 Å². The van der Waals surface area contributed by atoms with Crippen molar-refractivity contribution in [3.63, 3.8) is 0 Å². The lowest BCUT2D eigenvalue weighted by atomic mass is 9.99. The summed E-state index contributed by atoms with van der Waals surface area (Å²) in [6.07, 6.45) is 3.36. The molecule has 0 N–H and O–H groups in total. The molecule has 0 radical (unpaired) electrons. The second-order valence-corrected chi connectivity index (χ2v) is 8.89. The average Bonchev–Trinajstić information content (AvgIpc) is 2.99.